The number of H-pyrrole nitrogens is 1. The molecule has 0 saturated carbocycles. The van der Waals surface area contributed by atoms with Gasteiger partial charge in [-0.1, -0.05) is 0 Å². The Bertz CT molecular complexity index is 846. The molecule has 2 aromatic rings. The number of thiophene rings is 1. The molecule has 0 bridgehead atoms. The fourth-order valence-corrected chi connectivity index (χ4v) is 3.23. The highest BCUT2D eigenvalue weighted by atomic mass is 32.1. The van der Waals surface area contributed by atoms with Crippen LogP contribution in [0.4, 0.5) is 13.2 Å². The molecule has 1 amide bonds. The number of carboxylic acid groups (broad SMARTS) is 1. The number of hydrogen-bond acceptors (Lipinski definition) is 5. The number of nitrogens with two attached hydrogens (primary N) is 1. The minimum Gasteiger partial charge on any atom is -0.475 e. The fourth-order valence-electron chi connectivity index (χ4n) is 2.28. The summed E-state index contributed by atoms with van der Waals surface area (Å²) in [5, 5.41) is 9.99. The number of nitrogens with one attached hydrogen (secondary N) is 1. The van der Waals surface area contributed by atoms with E-state index in [4.69, 9.17) is 15.6 Å². The van der Waals surface area contributed by atoms with Crippen molar-refractivity contribution >= 4 is 33.3 Å². The average molecular weight is 377 g/mol. The molecule has 1 aliphatic heterocycles. The molecule has 11 heteroatoms. The minimum absolute atomic E-state index is 0.000749. The topological polar surface area (TPSA) is 116 Å². The molecule has 3 rings (SSSR count). The van der Waals surface area contributed by atoms with E-state index in [1.165, 1.54) is 11.3 Å². The van der Waals surface area contributed by atoms with Crippen LogP contribution < -0.4 is 11.3 Å². The Kier molecular flexibility index (Phi) is 5.48. The van der Waals surface area contributed by atoms with E-state index in [1.54, 1.807) is 11.1 Å². The third-order valence-corrected chi connectivity index (χ3v) is 4.57. The monoisotopic (exact) mass is 377 g/mol. The van der Waals surface area contributed by atoms with E-state index in [-0.39, 0.29) is 17.5 Å². The van der Waals surface area contributed by atoms with Gasteiger partial charge in [0.05, 0.1) is 10.7 Å². The largest absolute Gasteiger partial charge is 0.490 e. The number of nitrogens with zero attached hydrogens (tertiary/aromatic N) is 1. The summed E-state index contributed by atoms with van der Waals surface area (Å²) >= 11 is 1.41. The van der Waals surface area contributed by atoms with Gasteiger partial charge in [0.1, 0.15) is 0 Å². The van der Waals surface area contributed by atoms with Crippen LogP contribution in [0.3, 0.4) is 0 Å². The van der Waals surface area contributed by atoms with Crippen molar-refractivity contribution in [3.63, 3.8) is 0 Å². The first kappa shape index (κ1) is 18.9. The van der Waals surface area contributed by atoms with E-state index >= 15 is 0 Å². The summed E-state index contributed by atoms with van der Waals surface area (Å²) in [4.78, 5) is 36.7. The maximum Gasteiger partial charge on any atom is 0.490 e. The lowest BCUT2D eigenvalue weighted by Gasteiger charge is -2.15. The molecule has 2 aromatic heterocycles. The highest BCUT2D eigenvalue weighted by Crippen LogP contribution is 2.25. The second-order valence-electron chi connectivity index (χ2n) is 5.27. The van der Waals surface area contributed by atoms with Gasteiger partial charge in [0, 0.05) is 24.7 Å². The molecular formula is C14H14F3N3O4S. The van der Waals surface area contributed by atoms with Crippen molar-refractivity contribution in [3.05, 3.63) is 33.6 Å². The highest BCUT2D eigenvalue weighted by molar-refractivity contribution is 7.17. The zero-order valence-electron chi connectivity index (χ0n) is 12.7. The molecule has 1 atom stereocenters. The third kappa shape index (κ3) is 4.37. The van der Waals surface area contributed by atoms with Gasteiger partial charge in [0.15, 0.2) is 0 Å². The van der Waals surface area contributed by atoms with Crippen molar-refractivity contribution in [1.29, 1.82) is 0 Å². The van der Waals surface area contributed by atoms with Gasteiger partial charge < -0.3 is 20.7 Å². The molecule has 136 valence electrons. The van der Waals surface area contributed by atoms with Crippen LogP contribution in [-0.4, -0.2) is 45.6 Å². The van der Waals surface area contributed by atoms with Crippen molar-refractivity contribution in [3.8, 4) is 0 Å². The molecule has 1 saturated heterocycles. The van der Waals surface area contributed by atoms with Crippen LogP contribution in [0.2, 0.25) is 0 Å². The lowest BCUT2D eigenvalue weighted by molar-refractivity contribution is -0.192. The van der Waals surface area contributed by atoms with Gasteiger partial charge in [-0.2, -0.15) is 13.2 Å². The van der Waals surface area contributed by atoms with Gasteiger partial charge in [-0.05, 0) is 23.4 Å². The highest BCUT2D eigenvalue weighted by Gasteiger charge is 2.38. The van der Waals surface area contributed by atoms with Gasteiger partial charge in [0.2, 0.25) is 5.91 Å². The number of likely N-dealkylation sites (tertiary alicyclic amines) is 1. The van der Waals surface area contributed by atoms with Crippen LogP contribution in [0, 0.1) is 0 Å². The average Bonchev–Trinajstić information content (AvgIpc) is 3.07. The first-order chi connectivity index (χ1) is 11.6. The smallest absolute Gasteiger partial charge is 0.475 e. The summed E-state index contributed by atoms with van der Waals surface area (Å²) in [7, 11) is 0. The molecule has 1 aliphatic rings. The number of amides is 1. The van der Waals surface area contributed by atoms with Crippen LogP contribution >= 0.6 is 11.3 Å². The van der Waals surface area contributed by atoms with Gasteiger partial charge in [-0.25, -0.2) is 4.79 Å². The van der Waals surface area contributed by atoms with E-state index in [0.717, 1.165) is 10.9 Å². The normalized spacial score (nSPS) is 17.5. The Morgan fingerprint density at radius 1 is 1.44 bits per heavy atom. The molecule has 0 aromatic carbocycles. The Balaban J connectivity index is 0.000000277. The summed E-state index contributed by atoms with van der Waals surface area (Å²) in [5.74, 6) is -2.76. The third-order valence-electron chi connectivity index (χ3n) is 3.52. The standard InChI is InChI=1S/C12H13N3O2S.C2HF3O2/c13-9-2-4-15(12(9)17)5-7-6-18-10-8(7)1-3-14-11(10)16;3-2(4,5)1(6)7/h1,3,6,9H,2,4-5,13H2,(H,14,16);(H,6,7). The van der Waals surface area contributed by atoms with Crippen molar-refractivity contribution in [2.24, 2.45) is 5.73 Å². The van der Waals surface area contributed by atoms with Crippen LogP contribution in [0.1, 0.15) is 12.0 Å². The zero-order chi connectivity index (χ0) is 18.8. The van der Waals surface area contributed by atoms with E-state index in [9.17, 15) is 22.8 Å². The predicted octanol–water partition coefficient (Wildman–Crippen LogP) is 1.28. The molecule has 4 N–H and O–H groups in total. The fraction of sp³-hybridized carbons (Fsp3) is 0.357. The lowest BCUT2D eigenvalue weighted by Crippen LogP contribution is -2.33. The number of carboxylic acids is 1. The molecule has 0 aliphatic carbocycles. The quantitative estimate of drug-likeness (QED) is 0.729. The molecule has 3 heterocycles. The molecule has 1 fully saturated rings. The number of rotatable bonds is 2. The first-order valence-electron chi connectivity index (χ1n) is 7.03. The maximum absolute atomic E-state index is 11.8. The second-order valence-corrected chi connectivity index (χ2v) is 6.15. The number of fused-ring (bicyclic) bond motifs is 1. The first-order valence-corrected chi connectivity index (χ1v) is 7.91. The van der Waals surface area contributed by atoms with E-state index in [2.05, 4.69) is 4.98 Å². The molecule has 7 nitrogen and oxygen atoms in total. The number of alkyl halides is 3. The van der Waals surface area contributed by atoms with Crippen LogP contribution in [0.15, 0.2) is 22.4 Å². The molecule has 0 radical (unpaired) electrons. The summed E-state index contributed by atoms with van der Waals surface area (Å²) in [6.45, 7) is 1.23. The van der Waals surface area contributed by atoms with Crippen LogP contribution in [0.5, 0.6) is 0 Å². The van der Waals surface area contributed by atoms with Crippen LogP contribution in [0.25, 0.3) is 10.1 Å². The minimum atomic E-state index is -5.08. The Morgan fingerprint density at radius 2 is 2.08 bits per heavy atom. The number of hydrogen-bond donors (Lipinski definition) is 3. The summed E-state index contributed by atoms with van der Waals surface area (Å²) in [6.07, 6.45) is -2.74. The number of halogens is 3. The predicted molar refractivity (Wildman–Crippen MR) is 84.1 cm³/mol. The number of carbonyl (C=O) groups excluding carboxylic acids is 1. The number of aromatic nitrogens is 1. The molecular weight excluding hydrogens is 363 g/mol. The Hall–Kier alpha value is -2.40. The number of carbonyl (C=O) groups is 2. The number of aromatic amines is 1. The number of aliphatic carboxylic acids is 1. The SMILES string of the molecule is NC1CCN(Cc2csc3c(=O)[nH]ccc23)C1=O.O=C(O)C(F)(F)F. The Labute approximate surface area is 142 Å². The second kappa shape index (κ2) is 7.23. The molecule has 0 spiro atoms. The van der Waals surface area contributed by atoms with Crippen molar-refractivity contribution in [1.82, 2.24) is 9.88 Å². The van der Waals surface area contributed by atoms with Crippen molar-refractivity contribution < 1.29 is 27.9 Å². The number of pyridine rings is 1. The van der Waals surface area contributed by atoms with Crippen molar-refractivity contribution in [2.45, 2.75) is 25.2 Å². The molecule has 1 unspecified atom stereocenters. The maximum atomic E-state index is 11.8. The lowest BCUT2D eigenvalue weighted by atomic mass is 10.2. The van der Waals surface area contributed by atoms with E-state index in [0.29, 0.717) is 24.2 Å². The summed E-state index contributed by atoms with van der Waals surface area (Å²) in [5.41, 5.74) is 6.63. The summed E-state index contributed by atoms with van der Waals surface area (Å²) in [6, 6.07) is 1.52. The van der Waals surface area contributed by atoms with Gasteiger partial charge in [0.25, 0.3) is 5.56 Å². The zero-order valence-corrected chi connectivity index (χ0v) is 13.5. The van der Waals surface area contributed by atoms with E-state index in [1.807, 2.05) is 11.4 Å². The van der Waals surface area contributed by atoms with Crippen molar-refractivity contribution in [2.75, 3.05) is 6.54 Å². The van der Waals surface area contributed by atoms with Gasteiger partial charge >= 0.3 is 12.1 Å². The van der Waals surface area contributed by atoms with Crippen LogP contribution in [-0.2, 0) is 16.1 Å². The van der Waals surface area contributed by atoms with E-state index < -0.39 is 12.1 Å². The van der Waals surface area contributed by atoms with Gasteiger partial charge in [-0.3, -0.25) is 9.59 Å². The Morgan fingerprint density at radius 3 is 2.60 bits per heavy atom. The van der Waals surface area contributed by atoms with Gasteiger partial charge in [-0.15, -0.1) is 11.3 Å². The summed E-state index contributed by atoms with van der Waals surface area (Å²) < 4.78 is 32.4. The molecule has 25 heavy (non-hydrogen) atoms.